The average molecular weight is 350 g/mol. The molecule has 1 aliphatic heterocycles. The minimum absolute atomic E-state index is 0.0677. The summed E-state index contributed by atoms with van der Waals surface area (Å²) in [6.07, 6.45) is 5.15. The van der Waals surface area contributed by atoms with Crippen LogP contribution in [0.25, 0.3) is 0 Å². The van der Waals surface area contributed by atoms with Crippen molar-refractivity contribution in [1.82, 2.24) is 20.4 Å². The molecule has 25 heavy (non-hydrogen) atoms. The molecule has 140 valence electrons. The van der Waals surface area contributed by atoms with E-state index in [-0.39, 0.29) is 30.4 Å². The zero-order chi connectivity index (χ0) is 18.0. The molecule has 3 aliphatic rings. The molecule has 4 atom stereocenters. The highest BCUT2D eigenvalue weighted by atomic mass is 16.2. The summed E-state index contributed by atoms with van der Waals surface area (Å²) in [5.74, 6) is 1.93. The number of carbonyl (C=O) groups is 3. The van der Waals surface area contributed by atoms with E-state index in [1.807, 2.05) is 4.90 Å². The molecule has 1 saturated heterocycles. The van der Waals surface area contributed by atoms with Gasteiger partial charge in [0.2, 0.25) is 11.8 Å². The molecule has 3 rings (SSSR count). The summed E-state index contributed by atoms with van der Waals surface area (Å²) < 4.78 is 0. The molecule has 4 amide bonds. The standard InChI is InChI=1S/C18H30N4O3/c1-12(16-10-14-3-4-15(16)9-14)19-18(25)20-17(24)11-21-5-7-22(8-6-21)13(2)23/h12,14-16H,3-11H2,1-2H3,(H2,19,20,24,25). The maximum Gasteiger partial charge on any atom is 0.321 e. The Balaban J connectivity index is 1.36. The predicted molar refractivity (Wildman–Crippen MR) is 93.8 cm³/mol. The second kappa shape index (κ2) is 7.72. The van der Waals surface area contributed by atoms with E-state index >= 15 is 0 Å². The number of hydrogen-bond donors (Lipinski definition) is 2. The van der Waals surface area contributed by atoms with Crippen LogP contribution in [0.1, 0.15) is 39.5 Å². The van der Waals surface area contributed by atoms with Crippen LogP contribution < -0.4 is 10.6 Å². The van der Waals surface area contributed by atoms with E-state index in [1.54, 1.807) is 11.8 Å². The van der Waals surface area contributed by atoms with E-state index in [2.05, 4.69) is 17.6 Å². The summed E-state index contributed by atoms with van der Waals surface area (Å²) >= 11 is 0. The molecule has 7 nitrogen and oxygen atoms in total. The molecule has 4 unspecified atom stereocenters. The molecule has 1 heterocycles. The minimum Gasteiger partial charge on any atom is -0.340 e. The lowest BCUT2D eigenvalue weighted by atomic mass is 9.84. The quantitative estimate of drug-likeness (QED) is 0.786. The number of amides is 4. The topological polar surface area (TPSA) is 81.8 Å². The van der Waals surface area contributed by atoms with Gasteiger partial charge in [-0.15, -0.1) is 0 Å². The van der Waals surface area contributed by atoms with Gasteiger partial charge in [0, 0.05) is 39.1 Å². The summed E-state index contributed by atoms with van der Waals surface area (Å²) in [4.78, 5) is 39.2. The van der Waals surface area contributed by atoms with Gasteiger partial charge in [-0.3, -0.25) is 19.8 Å². The molecule has 2 bridgehead atoms. The molecular formula is C18H30N4O3. The van der Waals surface area contributed by atoms with Crippen LogP contribution in [0.4, 0.5) is 4.79 Å². The first-order valence-corrected chi connectivity index (χ1v) is 9.50. The first kappa shape index (κ1) is 18.2. The van der Waals surface area contributed by atoms with Crippen molar-refractivity contribution in [2.75, 3.05) is 32.7 Å². The van der Waals surface area contributed by atoms with Gasteiger partial charge in [0.15, 0.2) is 0 Å². The minimum atomic E-state index is -0.386. The third-order valence-electron chi connectivity index (χ3n) is 6.23. The van der Waals surface area contributed by atoms with Crippen LogP contribution >= 0.6 is 0 Å². The molecule has 3 fully saturated rings. The highest BCUT2D eigenvalue weighted by Crippen LogP contribution is 2.49. The highest BCUT2D eigenvalue weighted by molar-refractivity contribution is 5.95. The number of rotatable bonds is 4. The van der Waals surface area contributed by atoms with Crippen LogP contribution in [0.3, 0.4) is 0 Å². The fraction of sp³-hybridized carbons (Fsp3) is 0.833. The summed E-state index contributed by atoms with van der Waals surface area (Å²) in [6, 6.07) is -0.273. The highest BCUT2D eigenvalue weighted by Gasteiger charge is 2.42. The SMILES string of the molecule is CC(=O)N1CCN(CC(=O)NC(=O)NC(C)C2CC3CCC2C3)CC1. The van der Waals surface area contributed by atoms with Crippen LogP contribution in [0.5, 0.6) is 0 Å². The Bertz CT molecular complexity index is 530. The number of fused-ring (bicyclic) bond motifs is 2. The Morgan fingerprint density at radius 1 is 1.08 bits per heavy atom. The molecule has 0 aromatic heterocycles. The number of imide groups is 1. The van der Waals surface area contributed by atoms with E-state index in [9.17, 15) is 14.4 Å². The van der Waals surface area contributed by atoms with Crippen LogP contribution in [0.15, 0.2) is 0 Å². The molecule has 0 spiro atoms. The van der Waals surface area contributed by atoms with E-state index in [4.69, 9.17) is 0 Å². The molecule has 2 N–H and O–H groups in total. The average Bonchev–Trinajstić information content (AvgIpc) is 3.18. The first-order valence-electron chi connectivity index (χ1n) is 9.50. The Labute approximate surface area is 149 Å². The number of piperazine rings is 1. The Hall–Kier alpha value is -1.63. The number of nitrogens with one attached hydrogen (secondary N) is 2. The molecular weight excluding hydrogens is 320 g/mol. The van der Waals surface area contributed by atoms with Crippen LogP contribution in [-0.4, -0.2) is 66.4 Å². The Kier molecular flexibility index (Phi) is 5.61. The van der Waals surface area contributed by atoms with Crippen LogP contribution in [-0.2, 0) is 9.59 Å². The van der Waals surface area contributed by atoms with Crippen LogP contribution in [0.2, 0.25) is 0 Å². The van der Waals surface area contributed by atoms with Gasteiger partial charge >= 0.3 is 6.03 Å². The van der Waals surface area contributed by atoms with Gasteiger partial charge in [0.05, 0.1) is 6.54 Å². The molecule has 2 aliphatic carbocycles. The third-order valence-corrected chi connectivity index (χ3v) is 6.23. The second-order valence-electron chi connectivity index (χ2n) is 7.93. The fourth-order valence-electron chi connectivity index (χ4n) is 4.85. The monoisotopic (exact) mass is 350 g/mol. The van der Waals surface area contributed by atoms with Gasteiger partial charge in [-0.2, -0.15) is 0 Å². The summed E-state index contributed by atoms with van der Waals surface area (Å²) in [7, 11) is 0. The lowest BCUT2D eigenvalue weighted by Gasteiger charge is -2.33. The van der Waals surface area contributed by atoms with E-state index < -0.39 is 0 Å². The Morgan fingerprint density at radius 2 is 1.80 bits per heavy atom. The maximum atomic E-state index is 12.1. The summed E-state index contributed by atoms with van der Waals surface area (Å²) in [5, 5.41) is 5.40. The van der Waals surface area contributed by atoms with Gasteiger partial charge in [-0.05, 0) is 43.9 Å². The zero-order valence-corrected chi connectivity index (χ0v) is 15.3. The van der Waals surface area contributed by atoms with Crippen molar-refractivity contribution >= 4 is 17.8 Å². The smallest absolute Gasteiger partial charge is 0.321 e. The maximum absolute atomic E-state index is 12.1. The van der Waals surface area contributed by atoms with Crippen molar-refractivity contribution in [2.45, 2.75) is 45.6 Å². The summed E-state index contributed by atoms with van der Waals surface area (Å²) in [5.41, 5.74) is 0. The molecule has 0 aromatic rings. The number of carbonyl (C=O) groups excluding carboxylic acids is 3. The first-order chi connectivity index (χ1) is 11.9. The number of nitrogens with zero attached hydrogens (tertiary/aromatic N) is 2. The number of hydrogen-bond acceptors (Lipinski definition) is 4. The van der Waals surface area contributed by atoms with Crippen molar-refractivity contribution in [1.29, 1.82) is 0 Å². The van der Waals surface area contributed by atoms with Crippen molar-refractivity contribution in [3.8, 4) is 0 Å². The molecule has 7 heteroatoms. The zero-order valence-electron chi connectivity index (χ0n) is 15.3. The lowest BCUT2D eigenvalue weighted by molar-refractivity contribution is -0.130. The molecule has 0 aromatic carbocycles. The lowest BCUT2D eigenvalue weighted by Crippen LogP contribution is -2.53. The van der Waals surface area contributed by atoms with E-state index in [1.165, 1.54) is 25.7 Å². The van der Waals surface area contributed by atoms with E-state index in [0.717, 1.165) is 11.8 Å². The largest absolute Gasteiger partial charge is 0.340 e. The Morgan fingerprint density at radius 3 is 2.36 bits per heavy atom. The predicted octanol–water partition coefficient (Wildman–Crippen LogP) is 0.801. The fourth-order valence-corrected chi connectivity index (χ4v) is 4.85. The normalized spacial score (nSPS) is 30.2. The van der Waals surface area contributed by atoms with Crippen molar-refractivity contribution < 1.29 is 14.4 Å². The van der Waals surface area contributed by atoms with Gasteiger partial charge in [0.25, 0.3) is 0 Å². The van der Waals surface area contributed by atoms with Crippen LogP contribution in [0, 0.1) is 17.8 Å². The third kappa shape index (κ3) is 4.51. The summed E-state index contributed by atoms with van der Waals surface area (Å²) in [6.45, 7) is 6.40. The van der Waals surface area contributed by atoms with Gasteiger partial charge in [0.1, 0.15) is 0 Å². The van der Waals surface area contributed by atoms with Gasteiger partial charge in [-0.1, -0.05) is 6.42 Å². The molecule has 0 radical (unpaired) electrons. The van der Waals surface area contributed by atoms with Gasteiger partial charge < -0.3 is 10.2 Å². The van der Waals surface area contributed by atoms with Crippen molar-refractivity contribution in [2.24, 2.45) is 17.8 Å². The van der Waals surface area contributed by atoms with Gasteiger partial charge in [-0.25, -0.2) is 4.79 Å². The van der Waals surface area contributed by atoms with Crippen molar-refractivity contribution in [3.63, 3.8) is 0 Å². The molecule has 2 saturated carbocycles. The van der Waals surface area contributed by atoms with E-state index in [0.29, 0.717) is 32.1 Å². The number of urea groups is 1. The van der Waals surface area contributed by atoms with Crippen molar-refractivity contribution in [3.05, 3.63) is 0 Å². The second-order valence-corrected chi connectivity index (χ2v) is 7.93.